The molecule has 3 rings (SSSR count). The number of benzene rings is 1. The van der Waals surface area contributed by atoms with Crippen molar-refractivity contribution in [3.05, 3.63) is 29.8 Å². The second kappa shape index (κ2) is 5.35. The molecule has 2 fully saturated rings. The Morgan fingerprint density at radius 3 is 2.95 bits per heavy atom. The quantitative estimate of drug-likeness (QED) is 0.864. The van der Waals surface area contributed by atoms with Crippen molar-refractivity contribution >= 4 is 0 Å². The summed E-state index contributed by atoms with van der Waals surface area (Å²) in [5.41, 5.74) is 6.55. The van der Waals surface area contributed by atoms with Crippen LogP contribution in [0.4, 0.5) is 0 Å². The molecular weight excluding hydrogens is 254 g/mol. The van der Waals surface area contributed by atoms with Crippen LogP contribution in [0, 0.1) is 5.41 Å². The maximum absolute atomic E-state index is 10.9. The Balaban J connectivity index is 1.87. The molecule has 2 aliphatic heterocycles. The minimum atomic E-state index is -0.594. The lowest BCUT2D eigenvalue weighted by Gasteiger charge is -2.38. The van der Waals surface area contributed by atoms with Gasteiger partial charge >= 0.3 is 0 Å². The molecule has 4 atom stereocenters. The van der Waals surface area contributed by atoms with Gasteiger partial charge in [0.15, 0.2) is 0 Å². The molecule has 2 aliphatic rings. The maximum Gasteiger partial charge on any atom is 0.119 e. The first kappa shape index (κ1) is 13.9. The molecule has 0 amide bonds. The predicted molar refractivity (Wildman–Crippen MR) is 76.6 cm³/mol. The molecule has 2 heterocycles. The molecule has 0 saturated carbocycles. The van der Waals surface area contributed by atoms with Gasteiger partial charge in [-0.2, -0.15) is 0 Å². The summed E-state index contributed by atoms with van der Waals surface area (Å²) in [5.74, 6) is 0.792. The first-order valence-electron chi connectivity index (χ1n) is 7.46. The van der Waals surface area contributed by atoms with Crippen LogP contribution in [0.5, 0.6) is 5.75 Å². The van der Waals surface area contributed by atoms with E-state index < -0.39 is 6.10 Å². The van der Waals surface area contributed by atoms with E-state index in [0.717, 1.165) is 30.6 Å². The maximum atomic E-state index is 10.9. The van der Waals surface area contributed by atoms with E-state index in [1.165, 1.54) is 0 Å². The first-order chi connectivity index (χ1) is 9.69. The number of fused-ring (bicyclic) bond motifs is 2. The van der Waals surface area contributed by atoms with Gasteiger partial charge in [-0.15, -0.1) is 0 Å². The Morgan fingerprint density at radius 1 is 1.50 bits per heavy atom. The summed E-state index contributed by atoms with van der Waals surface area (Å²) in [6, 6.07) is 7.68. The van der Waals surface area contributed by atoms with E-state index in [1.807, 2.05) is 31.2 Å². The van der Waals surface area contributed by atoms with Crippen molar-refractivity contribution in [1.29, 1.82) is 0 Å². The number of hydrogen-bond donors (Lipinski definition) is 2. The number of hydrogen-bond acceptors (Lipinski definition) is 4. The van der Waals surface area contributed by atoms with Gasteiger partial charge < -0.3 is 20.3 Å². The zero-order chi connectivity index (χ0) is 14.2. The van der Waals surface area contributed by atoms with E-state index >= 15 is 0 Å². The molecule has 4 unspecified atom stereocenters. The average Bonchev–Trinajstić information content (AvgIpc) is 3.08. The molecule has 4 heteroatoms. The van der Waals surface area contributed by atoms with Crippen molar-refractivity contribution in [3.8, 4) is 5.75 Å². The lowest BCUT2D eigenvalue weighted by molar-refractivity contribution is -0.0264. The third kappa shape index (κ3) is 2.12. The van der Waals surface area contributed by atoms with Gasteiger partial charge in [-0.1, -0.05) is 12.1 Å². The molecule has 0 spiro atoms. The Bertz CT molecular complexity index is 479. The third-order valence-electron chi connectivity index (χ3n) is 4.77. The molecule has 4 nitrogen and oxygen atoms in total. The number of aliphatic hydroxyl groups is 1. The Hall–Kier alpha value is -1.10. The molecule has 0 radical (unpaired) electrons. The van der Waals surface area contributed by atoms with Crippen molar-refractivity contribution in [2.45, 2.75) is 44.5 Å². The van der Waals surface area contributed by atoms with Gasteiger partial charge in [0.1, 0.15) is 5.75 Å². The molecule has 2 bridgehead atoms. The van der Waals surface area contributed by atoms with E-state index in [9.17, 15) is 5.11 Å². The Labute approximate surface area is 119 Å². The van der Waals surface area contributed by atoms with E-state index in [0.29, 0.717) is 13.2 Å². The van der Waals surface area contributed by atoms with Crippen LogP contribution in [0.1, 0.15) is 37.9 Å². The van der Waals surface area contributed by atoms with Gasteiger partial charge in [0.2, 0.25) is 0 Å². The van der Waals surface area contributed by atoms with Crippen LogP contribution in [0.2, 0.25) is 0 Å². The van der Waals surface area contributed by atoms with Gasteiger partial charge in [0.25, 0.3) is 0 Å². The molecule has 2 saturated heterocycles. The number of ether oxygens (including phenoxy) is 2. The van der Waals surface area contributed by atoms with Crippen LogP contribution >= 0.6 is 0 Å². The molecule has 1 aromatic carbocycles. The predicted octanol–water partition coefficient (Wildman–Crippen LogP) is 2.02. The van der Waals surface area contributed by atoms with Crippen molar-refractivity contribution in [3.63, 3.8) is 0 Å². The fourth-order valence-corrected chi connectivity index (χ4v) is 3.72. The summed E-state index contributed by atoms with van der Waals surface area (Å²) in [6.07, 6.45) is 2.72. The summed E-state index contributed by atoms with van der Waals surface area (Å²) >= 11 is 0. The highest BCUT2D eigenvalue weighted by Crippen LogP contribution is 2.53. The van der Waals surface area contributed by atoms with Crippen LogP contribution in [0.15, 0.2) is 24.3 Å². The summed E-state index contributed by atoms with van der Waals surface area (Å²) in [6.45, 7) is 3.03. The monoisotopic (exact) mass is 277 g/mol. The highest BCUT2D eigenvalue weighted by atomic mass is 16.5. The topological polar surface area (TPSA) is 64.7 Å². The smallest absolute Gasteiger partial charge is 0.119 e. The summed E-state index contributed by atoms with van der Waals surface area (Å²) in [4.78, 5) is 0. The molecule has 110 valence electrons. The lowest BCUT2D eigenvalue weighted by Crippen LogP contribution is -2.44. The number of aliphatic hydroxyl groups excluding tert-OH is 1. The fourth-order valence-electron chi connectivity index (χ4n) is 3.72. The number of nitrogens with two attached hydrogens (primary N) is 1. The largest absolute Gasteiger partial charge is 0.494 e. The molecule has 0 aromatic heterocycles. The Morgan fingerprint density at radius 2 is 2.35 bits per heavy atom. The zero-order valence-electron chi connectivity index (χ0n) is 11.9. The van der Waals surface area contributed by atoms with Gasteiger partial charge in [0, 0.05) is 12.0 Å². The van der Waals surface area contributed by atoms with E-state index in [-0.39, 0.29) is 17.6 Å². The highest BCUT2D eigenvalue weighted by Gasteiger charge is 2.55. The summed E-state index contributed by atoms with van der Waals surface area (Å²) < 4.78 is 11.4. The van der Waals surface area contributed by atoms with Gasteiger partial charge in [0.05, 0.1) is 24.9 Å². The van der Waals surface area contributed by atoms with Gasteiger partial charge in [-0.3, -0.25) is 0 Å². The average molecular weight is 277 g/mol. The zero-order valence-corrected chi connectivity index (χ0v) is 11.9. The van der Waals surface area contributed by atoms with Gasteiger partial charge in [-0.25, -0.2) is 0 Å². The SMILES string of the molecule is CCOc1cccc(C(O)C2(CN)CC3CCC2O3)c1. The molecule has 20 heavy (non-hydrogen) atoms. The van der Waals surface area contributed by atoms with Gasteiger partial charge in [-0.05, 0) is 43.9 Å². The van der Waals surface area contributed by atoms with Crippen molar-refractivity contribution in [1.82, 2.24) is 0 Å². The van der Waals surface area contributed by atoms with Crippen LogP contribution < -0.4 is 10.5 Å². The Kier molecular flexibility index (Phi) is 3.71. The summed E-state index contributed by atoms with van der Waals surface area (Å²) in [7, 11) is 0. The third-order valence-corrected chi connectivity index (χ3v) is 4.77. The van der Waals surface area contributed by atoms with Crippen LogP contribution in [-0.2, 0) is 4.74 Å². The van der Waals surface area contributed by atoms with E-state index in [2.05, 4.69) is 0 Å². The van der Waals surface area contributed by atoms with E-state index in [1.54, 1.807) is 0 Å². The molecular formula is C16H23NO3. The molecule has 3 N–H and O–H groups in total. The van der Waals surface area contributed by atoms with E-state index in [4.69, 9.17) is 15.2 Å². The minimum absolute atomic E-state index is 0.0863. The standard InChI is InChI=1S/C16H23NO3/c1-2-19-12-5-3-4-11(8-12)15(18)16(10-17)9-13-6-7-14(16)20-13/h3-5,8,13-15,18H,2,6-7,9-10,17H2,1H3. The van der Waals surface area contributed by atoms with Crippen LogP contribution in [-0.4, -0.2) is 30.5 Å². The van der Waals surface area contributed by atoms with Crippen molar-refractivity contribution in [2.75, 3.05) is 13.2 Å². The molecule has 1 aromatic rings. The molecule has 0 aliphatic carbocycles. The second-order valence-electron chi connectivity index (χ2n) is 5.87. The van der Waals surface area contributed by atoms with Crippen molar-refractivity contribution in [2.24, 2.45) is 11.1 Å². The first-order valence-corrected chi connectivity index (χ1v) is 7.46. The second-order valence-corrected chi connectivity index (χ2v) is 5.87. The normalized spacial score (nSPS) is 33.4. The number of rotatable bonds is 5. The minimum Gasteiger partial charge on any atom is -0.494 e. The van der Waals surface area contributed by atoms with Crippen molar-refractivity contribution < 1.29 is 14.6 Å². The fraction of sp³-hybridized carbons (Fsp3) is 0.625. The summed E-state index contributed by atoms with van der Waals surface area (Å²) in [5, 5.41) is 10.9. The van der Waals surface area contributed by atoms with Crippen LogP contribution in [0.3, 0.4) is 0 Å². The highest BCUT2D eigenvalue weighted by molar-refractivity contribution is 5.32. The van der Waals surface area contributed by atoms with Crippen LogP contribution in [0.25, 0.3) is 0 Å². The lowest BCUT2D eigenvalue weighted by atomic mass is 9.68.